The zero-order chi connectivity index (χ0) is 28.2. The quantitative estimate of drug-likeness (QED) is 0.399. The number of hydrogen-bond donors (Lipinski definition) is 1. The second kappa shape index (κ2) is 11.2. The van der Waals surface area contributed by atoms with Crippen LogP contribution in [0.1, 0.15) is 24.6 Å². The van der Waals surface area contributed by atoms with Crippen LogP contribution in [-0.2, 0) is 35.9 Å². The van der Waals surface area contributed by atoms with E-state index in [1.807, 2.05) is 0 Å². The maximum atomic E-state index is 12.5. The number of imidazole rings is 1. The smallest absolute Gasteiger partial charge is 0.368 e. The average molecular weight is 531 g/mol. The van der Waals surface area contributed by atoms with Crippen LogP contribution in [0.3, 0.4) is 0 Å². The minimum absolute atomic E-state index is 0.0693. The van der Waals surface area contributed by atoms with Gasteiger partial charge in [0.2, 0.25) is 5.91 Å². The van der Waals surface area contributed by atoms with Gasteiger partial charge in [0.05, 0.1) is 18.6 Å². The number of rotatable bonds is 6. The summed E-state index contributed by atoms with van der Waals surface area (Å²) in [5.74, 6) is -0.881. The van der Waals surface area contributed by atoms with Gasteiger partial charge in [0, 0.05) is 31.4 Å². The second-order valence-electron chi connectivity index (χ2n) is 8.24. The highest BCUT2D eigenvalue weighted by molar-refractivity contribution is 5.79. The van der Waals surface area contributed by atoms with E-state index in [4.69, 9.17) is 5.73 Å². The Labute approximate surface area is 213 Å². The topological polar surface area (TPSA) is 148 Å². The molecule has 0 fully saturated rings. The van der Waals surface area contributed by atoms with Crippen molar-refractivity contribution < 1.29 is 22.8 Å². The first-order valence-corrected chi connectivity index (χ1v) is 11.2. The fourth-order valence-electron chi connectivity index (χ4n) is 3.58. The van der Waals surface area contributed by atoms with Gasteiger partial charge >= 0.3 is 11.9 Å². The molecule has 0 aliphatic rings. The Morgan fingerprint density at radius 1 is 1.08 bits per heavy atom. The molecule has 0 aliphatic carbocycles. The van der Waals surface area contributed by atoms with Crippen LogP contribution in [0.15, 0.2) is 52.6 Å². The Morgan fingerprint density at radius 2 is 1.79 bits per heavy atom. The number of Topliss-reactive ketones (excluding diaryl/α,β-unsaturated/α-hetero) is 1. The summed E-state index contributed by atoms with van der Waals surface area (Å²) < 4.78 is 40.8. The zero-order valence-corrected chi connectivity index (χ0v) is 20.7. The molecule has 0 bridgehead atoms. The summed E-state index contributed by atoms with van der Waals surface area (Å²) in [6.07, 6.45) is -0.149. The Morgan fingerprint density at radius 3 is 2.34 bits per heavy atom. The van der Waals surface area contributed by atoms with Gasteiger partial charge in [0.25, 0.3) is 5.56 Å². The highest BCUT2D eigenvalue weighted by atomic mass is 19.4. The lowest BCUT2D eigenvalue weighted by atomic mass is 10.1. The summed E-state index contributed by atoms with van der Waals surface area (Å²) in [5, 5.41) is 0. The van der Waals surface area contributed by atoms with Crippen LogP contribution in [0.2, 0.25) is 0 Å². The molecule has 4 heterocycles. The number of ketones is 1. The van der Waals surface area contributed by atoms with E-state index in [2.05, 4.69) is 15.0 Å². The van der Waals surface area contributed by atoms with E-state index in [-0.39, 0.29) is 42.0 Å². The third-order valence-electron chi connectivity index (χ3n) is 5.46. The second-order valence-corrected chi connectivity index (χ2v) is 8.24. The molecule has 200 valence electrons. The van der Waals surface area contributed by atoms with Crippen LogP contribution in [0.4, 0.5) is 13.2 Å². The van der Waals surface area contributed by atoms with Crippen LogP contribution in [0, 0.1) is 6.92 Å². The van der Waals surface area contributed by atoms with Gasteiger partial charge in [-0.1, -0.05) is 13.0 Å². The lowest BCUT2D eigenvalue weighted by Crippen LogP contribution is -2.41. The first-order chi connectivity index (χ1) is 17.8. The number of nitrogens with two attached hydrogens (primary N) is 1. The molecular weight excluding hydrogens is 507 g/mol. The normalized spacial score (nSPS) is 11.2. The molecule has 11 nitrogen and oxygen atoms in total. The predicted octanol–water partition coefficient (Wildman–Crippen LogP) is 1.83. The molecule has 1 amide bonds. The Balaban J connectivity index is 0.000000215. The van der Waals surface area contributed by atoms with Crippen molar-refractivity contribution in [1.29, 1.82) is 0 Å². The van der Waals surface area contributed by atoms with Gasteiger partial charge < -0.3 is 10.3 Å². The number of nitrogens with zero attached hydrogens (tertiary/aromatic N) is 6. The number of aryl methyl sites for hydroxylation is 2. The van der Waals surface area contributed by atoms with E-state index >= 15 is 0 Å². The Hall–Kier alpha value is -4.62. The molecule has 2 N–H and O–H groups in total. The van der Waals surface area contributed by atoms with Gasteiger partial charge in [-0.05, 0) is 30.7 Å². The molecule has 0 unspecified atom stereocenters. The van der Waals surface area contributed by atoms with Gasteiger partial charge in [0.15, 0.2) is 16.9 Å². The van der Waals surface area contributed by atoms with E-state index in [0.717, 1.165) is 9.13 Å². The number of hydrogen-bond acceptors (Lipinski definition) is 7. The number of carbonyl (C=O) groups is 2. The van der Waals surface area contributed by atoms with E-state index in [0.29, 0.717) is 11.3 Å². The molecule has 0 aromatic carbocycles. The highest BCUT2D eigenvalue weighted by Crippen LogP contribution is 2.31. The van der Waals surface area contributed by atoms with Crippen molar-refractivity contribution in [1.82, 2.24) is 28.7 Å². The third-order valence-corrected chi connectivity index (χ3v) is 5.46. The van der Waals surface area contributed by atoms with Crippen LogP contribution in [-0.4, -0.2) is 40.3 Å². The van der Waals surface area contributed by atoms with E-state index in [1.165, 1.54) is 37.1 Å². The molecule has 0 saturated heterocycles. The summed E-state index contributed by atoms with van der Waals surface area (Å²) in [4.78, 5) is 58.5. The molecule has 0 saturated carbocycles. The minimum atomic E-state index is -4.41. The molecule has 4 aromatic heterocycles. The van der Waals surface area contributed by atoms with Gasteiger partial charge in [-0.2, -0.15) is 13.2 Å². The lowest BCUT2D eigenvalue weighted by molar-refractivity contribution is -0.141. The summed E-state index contributed by atoms with van der Waals surface area (Å²) in [7, 11) is 1.44. The summed E-state index contributed by atoms with van der Waals surface area (Å²) in [6, 6.07) is 6.69. The highest BCUT2D eigenvalue weighted by Gasteiger charge is 2.34. The van der Waals surface area contributed by atoms with Crippen LogP contribution < -0.4 is 17.0 Å². The predicted molar refractivity (Wildman–Crippen MR) is 131 cm³/mol. The number of alkyl halides is 3. The van der Waals surface area contributed by atoms with Crippen molar-refractivity contribution in [2.24, 2.45) is 12.8 Å². The third kappa shape index (κ3) is 6.02. The largest absolute Gasteiger partial charge is 0.433 e. The van der Waals surface area contributed by atoms with Crippen LogP contribution >= 0.6 is 0 Å². The molecule has 38 heavy (non-hydrogen) atoms. The van der Waals surface area contributed by atoms with Crippen molar-refractivity contribution in [3.63, 3.8) is 0 Å². The minimum Gasteiger partial charge on any atom is -0.368 e. The summed E-state index contributed by atoms with van der Waals surface area (Å²) in [6.45, 7) is 2.50. The number of primary amides is 1. The zero-order valence-electron chi connectivity index (χ0n) is 20.7. The molecule has 0 atom stereocenters. The molecule has 0 aliphatic heterocycles. The van der Waals surface area contributed by atoms with E-state index in [1.54, 1.807) is 31.3 Å². The maximum absolute atomic E-state index is 12.5. The maximum Gasteiger partial charge on any atom is 0.433 e. The number of halogens is 3. The number of pyridine rings is 2. The van der Waals surface area contributed by atoms with Crippen molar-refractivity contribution in [3.05, 3.63) is 75.1 Å². The van der Waals surface area contributed by atoms with Gasteiger partial charge in [-0.15, -0.1) is 0 Å². The fraction of sp³-hybridized carbons (Fsp3) is 0.292. The van der Waals surface area contributed by atoms with E-state index in [9.17, 15) is 32.3 Å². The molecule has 4 aromatic rings. The molecular formula is C24H24F3N7O4. The SMILES string of the molecule is CCC(=O)Cn1c(=O)c2c(ncn2CC(N)=O)n(C)c1=O.Cc1cc(-c2ccccn2)cnc1C(F)(F)F. The Kier molecular flexibility index (Phi) is 8.23. The number of carbonyl (C=O) groups excluding carboxylic acids is 2. The van der Waals surface area contributed by atoms with Crippen LogP contribution in [0.5, 0.6) is 0 Å². The summed E-state index contributed by atoms with van der Waals surface area (Å²) in [5.41, 5.74) is 4.48. The van der Waals surface area contributed by atoms with Gasteiger partial charge in [-0.25, -0.2) is 9.78 Å². The molecule has 4 rings (SSSR count). The van der Waals surface area contributed by atoms with Crippen molar-refractivity contribution >= 4 is 22.9 Å². The fourth-order valence-corrected chi connectivity index (χ4v) is 3.58. The first-order valence-electron chi connectivity index (χ1n) is 11.2. The standard InChI is InChI=1S/C12H9F3N2.C12H15N5O4/c1-8-6-9(10-4-2-3-5-16-10)7-17-11(8)12(13,14)15;1-3-7(18)4-17-11(20)9-10(15(2)12(17)21)14-6-16(9)5-8(13)19/h2-7H,1H3;6H,3-5H2,1-2H3,(H2,13,19). The molecule has 0 spiro atoms. The van der Waals surface area contributed by atoms with Crippen LogP contribution in [0.25, 0.3) is 22.4 Å². The number of fused-ring (bicyclic) bond motifs is 1. The monoisotopic (exact) mass is 531 g/mol. The Bertz CT molecular complexity index is 1610. The lowest BCUT2D eigenvalue weighted by Gasteiger charge is -2.10. The average Bonchev–Trinajstić information content (AvgIpc) is 3.28. The first kappa shape index (κ1) is 28.0. The number of aromatic nitrogens is 6. The van der Waals surface area contributed by atoms with Crippen molar-refractivity contribution in [3.8, 4) is 11.3 Å². The van der Waals surface area contributed by atoms with E-state index < -0.39 is 29.0 Å². The summed E-state index contributed by atoms with van der Waals surface area (Å²) >= 11 is 0. The molecule has 14 heteroatoms. The molecule has 0 radical (unpaired) electrons. The van der Waals surface area contributed by atoms with Gasteiger partial charge in [0.1, 0.15) is 12.2 Å². The van der Waals surface area contributed by atoms with Crippen molar-refractivity contribution in [2.75, 3.05) is 0 Å². The van der Waals surface area contributed by atoms with Crippen molar-refractivity contribution in [2.45, 2.75) is 39.5 Å². The van der Waals surface area contributed by atoms with Gasteiger partial charge in [-0.3, -0.25) is 33.5 Å². The number of amides is 1.